The predicted octanol–water partition coefficient (Wildman–Crippen LogP) is 2.29. The van der Waals surface area contributed by atoms with Gasteiger partial charge in [0.2, 0.25) is 0 Å². The van der Waals surface area contributed by atoms with Crippen molar-refractivity contribution in [1.82, 2.24) is 25.9 Å². The largest absolute Gasteiger partial charge is 0.304 e. The van der Waals surface area contributed by atoms with Gasteiger partial charge in [0.15, 0.2) is 5.82 Å². The van der Waals surface area contributed by atoms with Gasteiger partial charge in [0.25, 0.3) is 0 Å². The summed E-state index contributed by atoms with van der Waals surface area (Å²) in [4.78, 5) is 5.15. The monoisotopic (exact) mass is 330 g/mol. The number of nitrogens with one attached hydrogen (secondary N) is 2. The minimum absolute atomic E-state index is 0.0246. The second kappa shape index (κ2) is 5.89. The van der Waals surface area contributed by atoms with E-state index in [0.717, 1.165) is 25.1 Å². The summed E-state index contributed by atoms with van der Waals surface area (Å²) >= 11 is 0. The van der Waals surface area contributed by atoms with Crippen molar-refractivity contribution in [2.45, 2.75) is 24.9 Å². The van der Waals surface area contributed by atoms with E-state index in [1.165, 1.54) is 22.3 Å². The van der Waals surface area contributed by atoms with Crippen molar-refractivity contribution < 1.29 is 0 Å². The highest BCUT2D eigenvalue weighted by molar-refractivity contribution is 6.16. The molecule has 0 radical (unpaired) electrons. The Balaban J connectivity index is 1.66. The second-order valence-electron chi connectivity index (χ2n) is 6.45. The zero-order valence-electron chi connectivity index (χ0n) is 13.7. The fraction of sp³-hybridized carbons (Fsp3) is 0.263. The summed E-state index contributed by atoms with van der Waals surface area (Å²) in [5.41, 5.74) is 6.14. The first-order valence-electron chi connectivity index (χ1n) is 8.62. The molecule has 1 aromatic carbocycles. The van der Waals surface area contributed by atoms with Crippen LogP contribution in [0.1, 0.15) is 30.3 Å². The van der Waals surface area contributed by atoms with Gasteiger partial charge in [-0.1, -0.05) is 53.8 Å². The molecule has 25 heavy (non-hydrogen) atoms. The van der Waals surface area contributed by atoms with E-state index in [1.54, 1.807) is 0 Å². The molecule has 0 spiro atoms. The third-order valence-corrected chi connectivity index (χ3v) is 5.04. The van der Waals surface area contributed by atoms with Gasteiger partial charge in [0, 0.05) is 11.1 Å². The molecule has 3 heterocycles. The van der Waals surface area contributed by atoms with Crippen LogP contribution in [0.5, 0.6) is 0 Å². The van der Waals surface area contributed by atoms with Crippen LogP contribution in [0.2, 0.25) is 0 Å². The molecule has 0 bridgehead atoms. The Labute approximate surface area is 145 Å². The molecule has 3 aliphatic rings. The van der Waals surface area contributed by atoms with Gasteiger partial charge in [0.1, 0.15) is 0 Å². The molecule has 6 heteroatoms. The van der Waals surface area contributed by atoms with E-state index in [2.05, 4.69) is 68.4 Å². The predicted molar refractivity (Wildman–Crippen MR) is 95.2 cm³/mol. The van der Waals surface area contributed by atoms with Crippen molar-refractivity contribution in [1.29, 1.82) is 0 Å². The number of tetrazole rings is 1. The third kappa shape index (κ3) is 2.37. The van der Waals surface area contributed by atoms with Gasteiger partial charge >= 0.3 is 0 Å². The first-order chi connectivity index (χ1) is 12.4. The standard InChI is InChI=1S/C19H18N6/c1-2-6-12(7-3-1)17-14-9-5-4-8-13(14)16-15(21-17)10-11-20-18(16)19-22-24-25-23-19/h1-7,9,15,18,20H,8,10-11H2,(H,22,23,24,25). The number of H-pyrrole nitrogens is 1. The number of dihydropyridines is 1. The summed E-state index contributed by atoms with van der Waals surface area (Å²) in [6.45, 7) is 0.890. The third-order valence-electron chi connectivity index (χ3n) is 5.04. The summed E-state index contributed by atoms with van der Waals surface area (Å²) in [5.74, 6) is 0.694. The van der Waals surface area contributed by atoms with Gasteiger partial charge < -0.3 is 5.32 Å². The molecule has 5 rings (SSSR count). The van der Waals surface area contributed by atoms with Crippen molar-refractivity contribution in [3.63, 3.8) is 0 Å². The number of fused-ring (bicyclic) bond motifs is 2. The maximum atomic E-state index is 5.15. The quantitative estimate of drug-likeness (QED) is 0.885. The molecule has 2 atom stereocenters. The van der Waals surface area contributed by atoms with Crippen LogP contribution >= 0.6 is 0 Å². The van der Waals surface area contributed by atoms with Gasteiger partial charge in [0.05, 0.1) is 17.8 Å². The number of aromatic nitrogens is 4. The minimum atomic E-state index is -0.0246. The molecule has 6 nitrogen and oxygen atoms in total. The fourth-order valence-electron chi connectivity index (χ4n) is 3.96. The summed E-state index contributed by atoms with van der Waals surface area (Å²) in [5, 5.41) is 18.3. The van der Waals surface area contributed by atoms with Crippen LogP contribution in [0.3, 0.4) is 0 Å². The molecule has 2 unspecified atom stereocenters. The van der Waals surface area contributed by atoms with Gasteiger partial charge in [-0.05, 0) is 30.5 Å². The minimum Gasteiger partial charge on any atom is -0.304 e. The fourth-order valence-corrected chi connectivity index (χ4v) is 3.96. The lowest BCUT2D eigenvalue weighted by molar-refractivity contribution is 0.445. The van der Waals surface area contributed by atoms with E-state index in [9.17, 15) is 0 Å². The zero-order chi connectivity index (χ0) is 16.6. The topological polar surface area (TPSA) is 78.9 Å². The Morgan fingerprint density at radius 2 is 2.04 bits per heavy atom. The van der Waals surface area contributed by atoms with Crippen molar-refractivity contribution in [2.24, 2.45) is 4.99 Å². The molecule has 124 valence electrons. The number of rotatable bonds is 2. The molecular formula is C19H18N6. The number of piperidine rings is 1. The molecule has 2 aliphatic heterocycles. The van der Waals surface area contributed by atoms with Gasteiger partial charge in [-0.15, -0.1) is 10.2 Å². The van der Waals surface area contributed by atoms with Crippen molar-refractivity contribution >= 4 is 5.71 Å². The second-order valence-corrected chi connectivity index (χ2v) is 6.45. The van der Waals surface area contributed by atoms with E-state index in [-0.39, 0.29) is 12.1 Å². The molecule has 1 aliphatic carbocycles. The van der Waals surface area contributed by atoms with Crippen molar-refractivity contribution in [3.8, 4) is 0 Å². The number of allylic oxidation sites excluding steroid dienone is 5. The van der Waals surface area contributed by atoms with Crippen molar-refractivity contribution in [3.05, 3.63) is 76.7 Å². The SMILES string of the molecule is C1=CCC2=C3C(CCNC3c3nn[nH]n3)N=C(c3ccccc3)C2=C1. The van der Waals surface area contributed by atoms with Crippen LogP contribution in [0.25, 0.3) is 0 Å². The molecule has 2 aromatic rings. The number of aliphatic imine (C=N–C) groups is 1. The summed E-state index contributed by atoms with van der Waals surface area (Å²) < 4.78 is 0. The maximum Gasteiger partial charge on any atom is 0.195 e. The van der Waals surface area contributed by atoms with E-state index in [1.807, 2.05) is 6.07 Å². The Kier molecular flexibility index (Phi) is 3.41. The molecule has 0 saturated carbocycles. The van der Waals surface area contributed by atoms with E-state index >= 15 is 0 Å². The van der Waals surface area contributed by atoms with Crippen LogP contribution in [-0.2, 0) is 0 Å². The van der Waals surface area contributed by atoms with Crippen LogP contribution in [0.4, 0.5) is 0 Å². The van der Waals surface area contributed by atoms with E-state index < -0.39 is 0 Å². The Bertz CT molecular complexity index is 905. The first kappa shape index (κ1) is 14.5. The zero-order valence-corrected chi connectivity index (χ0v) is 13.7. The molecule has 1 fully saturated rings. The summed E-state index contributed by atoms with van der Waals surface area (Å²) in [7, 11) is 0. The maximum absolute atomic E-state index is 5.15. The smallest absolute Gasteiger partial charge is 0.195 e. The van der Waals surface area contributed by atoms with Gasteiger partial charge in [-0.25, -0.2) is 0 Å². The Morgan fingerprint density at radius 3 is 2.88 bits per heavy atom. The average molecular weight is 330 g/mol. The highest BCUT2D eigenvalue weighted by Gasteiger charge is 2.37. The Hall–Kier alpha value is -2.86. The number of nitrogens with zero attached hydrogens (tertiary/aromatic N) is 4. The Morgan fingerprint density at radius 1 is 1.12 bits per heavy atom. The van der Waals surface area contributed by atoms with Gasteiger partial charge in [-0.3, -0.25) is 4.99 Å². The lowest BCUT2D eigenvalue weighted by atomic mass is 9.78. The highest BCUT2D eigenvalue weighted by Crippen LogP contribution is 2.41. The normalized spacial score (nSPS) is 25.1. The molecule has 1 saturated heterocycles. The van der Waals surface area contributed by atoms with E-state index in [4.69, 9.17) is 4.99 Å². The van der Waals surface area contributed by atoms with Crippen LogP contribution < -0.4 is 5.32 Å². The number of hydrogen-bond donors (Lipinski definition) is 2. The molecular weight excluding hydrogens is 312 g/mol. The summed E-state index contributed by atoms with van der Waals surface area (Å²) in [6.07, 6.45) is 8.41. The molecule has 2 N–H and O–H groups in total. The molecule has 1 aromatic heterocycles. The van der Waals surface area contributed by atoms with Crippen LogP contribution in [0.15, 0.2) is 70.3 Å². The van der Waals surface area contributed by atoms with Gasteiger partial charge in [-0.2, -0.15) is 5.21 Å². The average Bonchev–Trinajstić information content (AvgIpc) is 3.22. The van der Waals surface area contributed by atoms with Crippen LogP contribution in [0, 0.1) is 0 Å². The van der Waals surface area contributed by atoms with Crippen LogP contribution in [-0.4, -0.2) is 38.9 Å². The molecule has 0 amide bonds. The number of hydrogen-bond acceptors (Lipinski definition) is 5. The van der Waals surface area contributed by atoms with Crippen molar-refractivity contribution in [2.75, 3.05) is 6.54 Å². The van der Waals surface area contributed by atoms with E-state index in [0.29, 0.717) is 5.82 Å². The highest BCUT2D eigenvalue weighted by atomic mass is 15.5. The summed E-state index contributed by atoms with van der Waals surface area (Å²) in [6, 6.07) is 10.6. The lowest BCUT2D eigenvalue weighted by Crippen LogP contribution is -2.40. The number of aromatic amines is 1. The first-order valence-corrected chi connectivity index (χ1v) is 8.62. The number of benzene rings is 1. The lowest BCUT2D eigenvalue weighted by Gasteiger charge is -2.37.